The number of nitrogens with one attached hydrogen (secondary N) is 1. The van der Waals surface area contributed by atoms with E-state index in [2.05, 4.69) is 47.4 Å². The number of rotatable bonds is 5. The van der Waals surface area contributed by atoms with Crippen molar-refractivity contribution in [3.63, 3.8) is 0 Å². The van der Waals surface area contributed by atoms with E-state index in [-0.39, 0.29) is 5.60 Å². The van der Waals surface area contributed by atoms with Crippen LogP contribution in [0, 0.1) is 0 Å². The standard InChI is InChI=1S/C16H22N2O/c1-18-11-13(14-6-3-4-7-15(14)18)10-17-12-16(19-2)8-5-9-16/h3-4,6-7,11,17H,5,8-10,12H2,1-2H3. The van der Waals surface area contributed by atoms with Gasteiger partial charge in [0.15, 0.2) is 0 Å². The highest BCUT2D eigenvalue weighted by Crippen LogP contribution is 2.34. The number of hydrogen-bond acceptors (Lipinski definition) is 2. The van der Waals surface area contributed by atoms with E-state index in [1.54, 1.807) is 0 Å². The van der Waals surface area contributed by atoms with Gasteiger partial charge in [-0.05, 0) is 30.9 Å². The van der Waals surface area contributed by atoms with Crippen LogP contribution < -0.4 is 5.32 Å². The van der Waals surface area contributed by atoms with Crippen molar-refractivity contribution in [3.05, 3.63) is 36.0 Å². The number of para-hydroxylation sites is 1. The van der Waals surface area contributed by atoms with E-state index in [1.807, 2.05) is 7.11 Å². The summed E-state index contributed by atoms with van der Waals surface area (Å²) in [5.74, 6) is 0. The summed E-state index contributed by atoms with van der Waals surface area (Å²) < 4.78 is 7.83. The molecule has 0 bridgehead atoms. The molecule has 3 heteroatoms. The highest BCUT2D eigenvalue weighted by Gasteiger charge is 2.36. The molecule has 0 atom stereocenters. The van der Waals surface area contributed by atoms with Crippen molar-refractivity contribution < 1.29 is 4.74 Å². The van der Waals surface area contributed by atoms with Crippen LogP contribution in [0.2, 0.25) is 0 Å². The van der Waals surface area contributed by atoms with Gasteiger partial charge in [0.05, 0.1) is 5.60 Å². The zero-order valence-electron chi connectivity index (χ0n) is 11.8. The summed E-state index contributed by atoms with van der Waals surface area (Å²) in [4.78, 5) is 0. The molecule has 3 nitrogen and oxygen atoms in total. The van der Waals surface area contributed by atoms with Gasteiger partial charge < -0.3 is 14.6 Å². The zero-order valence-corrected chi connectivity index (χ0v) is 11.8. The Hall–Kier alpha value is -1.32. The molecule has 0 unspecified atom stereocenters. The number of aromatic nitrogens is 1. The van der Waals surface area contributed by atoms with Crippen molar-refractivity contribution in [1.29, 1.82) is 0 Å². The van der Waals surface area contributed by atoms with Crippen LogP contribution in [0.1, 0.15) is 24.8 Å². The Morgan fingerprint density at radius 1 is 1.32 bits per heavy atom. The Labute approximate surface area is 114 Å². The number of hydrogen-bond donors (Lipinski definition) is 1. The smallest absolute Gasteiger partial charge is 0.0802 e. The van der Waals surface area contributed by atoms with Gasteiger partial charge in [-0.15, -0.1) is 0 Å². The third kappa shape index (κ3) is 2.28. The van der Waals surface area contributed by atoms with Gasteiger partial charge in [-0.1, -0.05) is 18.2 Å². The number of ether oxygens (including phenoxy) is 1. The molecule has 0 amide bonds. The van der Waals surface area contributed by atoms with Gasteiger partial charge in [-0.25, -0.2) is 0 Å². The van der Waals surface area contributed by atoms with Crippen LogP contribution in [-0.4, -0.2) is 23.8 Å². The average molecular weight is 258 g/mol. The molecule has 1 saturated carbocycles. The quantitative estimate of drug-likeness (QED) is 0.892. The van der Waals surface area contributed by atoms with Crippen molar-refractivity contribution in [2.24, 2.45) is 7.05 Å². The lowest BCUT2D eigenvalue weighted by Gasteiger charge is -2.40. The predicted octanol–water partition coefficient (Wildman–Crippen LogP) is 2.84. The minimum atomic E-state index is 0.102. The van der Waals surface area contributed by atoms with Gasteiger partial charge in [0.2, 0.25) is 0 Å². The SMILES string of the molecule is COC1(CNCc2cn(C)c3ccccc23)CCC1. The second-order valence-electron chi connectivity index (χ2n) is 5.63. The fourth-order valence-electron chi connectivity index (χ4n) is 3.02. The highest BCUT2D eigenvalue weighted by atomic mass is 16.5. The van der Waals surface area contributed by atoms with E-state index in [4.69, 9.17) is 4.74 Å². The lowest BCUT2D eigenvalue weighted by atomic mass is 9.80. The summed E-state index contributed by atoms with van der Waals surface area (Å²) in [6.07, 6.45) is 5.89. The minimum Gasteiger partial charge on any atom is -0.377 e. The number of fused-ring (bicyclic) bond motifs is 1. The van der Waals surface area contributed by atoms with E-state index in [0.29, 0.717) is 0 Å². The second-order valence-corrected chi connectivity index (χ2v) is 5.63. The van der Waals surface area contributed by atoms with Crippen LogP contribution in [0.25, 0.3) is 10.9 Å². The topological polar surface area (TPSA) is 26.2 Å². The fraction of sp³-hybridized carbons (Fsp3) is 0.500. The molecule has 1 aliphatic carbocycles. The van der Waals surface area contributed by atoms with Crippen LogP contribution in [-0.2, 0) is 18.3 Å². The molecule has 0 radical (unpaired) electrons. The molecule has 1 fully saturated rings. The first-order chi connectivity index (χ1) is 9.24. The van der Waals surface area contributed by atoms with Crippen LogP contribution in [0.5, 0.6) is 0 Å². The third-order valence-corrected chi connectivity index (χ3v) is 4.44. The van der Waals surface area contributed by atoms with E-state index in [9.17, 15) is 0 Å². The first-order valence-corrected chi connectivity index (χ1v) is 7.03. The predicted molar refractivity (Wildman–Crippen MR) is 78.2 cm³/mol. The average Bonchev–Trinajstić information content (AvgIpc) is 2.71. The summed E-state index contributed by atoms with van der Waals surface area (Å²) in [5.41, 5.74) is 2.76. The van der Waals surface area contributed by atoms with E-state index in [0.717, 1.165) is 13.1 Å². The van der Waals surface area contributed by atoms with Gasteiger partial charge in [-0.2, -0.15) is 0 Å². The molecule has 2 aromatic rings. The van der Waals surface area contributed by atoms with Crippen LogP contribution in [0.3, 0.4) is 0 Å². The zero-order chi connectivity index (χ0) is 13.3. The molecule has 1 aromatic heterocycles. The van der Waals surface area contributed by atoms with Crippen LogP contribution in [0.4, 0.5) is 0 Å². The molecule has 1 aliphatic rings. The minimum absolute atomic E-state index is 0.102. The number of aryl methyl sites for hydroxylation is 1. The monoisotopic (exact) mass is 258 g/mol. The molecule has 3 rings (SSSR count). The first kappa shape index (κ1) is 12.7. The molecule has 102 valence electrons. The van der Waals surface area contributed by atoms with Gasteiger partial charge in [0.25, 0.3) is 0 Å². The molecular weight excluding hydrogens is 236 g/mol. The molecule has 0 spiro atoms. The Bertz CT molecular complexity index is 564. The molecule has 0 aliphatic heterocycles. The molecular formula is C16H22N2O. The van der Waals surface area contributed by atoms with Crippen molar-refractivity contribution >= 4 is 10.9 Å². The maximum atomic E-state index is 5.64. The number of nitrogens with zero attached hydrogens (tertiary/aromatic N) is 1. The van der Waals surface area contributed by atoms with E-state index < -0.39 is 0 Å². The van der Waals surface area contributed by atoms with E-state index in [1.165, 1.54) is 35.7 Å². The molecule has 1 aromatic carbocycles. The molecule has 19 heavy (non-hydrogen) atoms. The molecule has 0 saturated heterocycles. The molecule has 1 heterocycles. The molecule has 1 N–H and O–H groups in total. The number of benzene rings is 1. The maximum Gasteiger partial charge on any atom is 0.0802 e. The Morgan fingerprint density at radius 3 is 2.79 bits per heavy atom. The van der Waals surface area contributed by atoms with Gasteiger partial charge in [0, 0.05) is 44.3 Å². The maximum absolute atomic E-state index is 5.64. The van der Waals surface area contributed by atoms with Crippen molar-refractivity contribution in [2.45, 2.75) is 31.4 Å². The number of methoxy groups -OCH3 is 1. The van der Waals surface area contributed by atoms with Gasteiger partial charge in [-0.3, -0.25) is 0 Å². The Morgan fingerprint density at radius 2 is 2.11 bits per heavy atom. The Balaban J connectivity index is 1.69. The first-order valence-electron chi connectivity index (χ1n) is 7.03. The summed E-state index contributed by atoms with van der Waals surface area (Å²) >= 11 is 0. The van der Waals surface area contributed by atoms with Crippen LogP contribution in [0.15, 0.2) is 30.5 Å². The van der Waals surface area contributed by atoms with Crippen molar-refractivity contribution in [1.82, 2.24) is 9.88 Å². The second kappa shape index (κ2) is 4.99. The van der Waals surface area contributed by atoms with Crippen molar-refractivity contribution in [2.75, 3.05) is 13.7 Å². The Kier molecular flexibility index (Phi) is 3.33. The van der Waals surface area contributed by atoms with E-state index >= 15 is 0 Å². The highest BCUT2D eigenvalue weighted by molar-refractivity contribution is 5.83. The summed E-state index contributed by atoms with van der Waals surface area (Å²) in [6, 6.07) is 8.56. The van der Waals surface area contributed by atoms with Gasteiger partial charge in [0.1, 0.15) is 0 Å². The lowest BCUT2D eigenvalue weighted by molar-refractivity contribution is -0.0695. The largest absolute Gasteiger partial charge is 0.377 e. The summed E-state index contributed by atoms with van der Waals surface area (Å²) in [7, 11) is 3.94. The van der Waals surface area contributed by atoms with Crippen LogP contribution >= 0.6 is 0 Å². The fourth-order valence-corrected chi connectivity index (χ4v) is 3.02. The third-order valence-electron chi connectivity index (χ3n) is 4.44. The summed E-state index contributed by atoms with van der Waals surface area (Å²) in [5, 5.41) is 4.91. The normalized spacial score (nSPS) is 17.6. The van der Waals surface area contributed by atoms with Crippen molar-refractivity contribution in [3.8, 4) is 0 Å². The lowest BCUT2D eigenvalue weighted by Crippen LogP contribution is -2.47. The summed E-state index contributed by atoms with van der Waals surface area (Å²) in [6.45, 7) is 1.86. The van der Waals surface area contributed by atoms with Gasteiger partial charge >= 0.3 is 0 Å².